The van der Waals surface area contributed by atoms with Gasteiger partial charge in [0.05, 0.1) is 18.7 Å². The van der Waals surface area contributed by atoms with Crippen molar-refractivity contribution in [1.29, 1.82) is 0 Å². The number of ether oxygens (including phenoxy) is 2. The maximum absolute atomic E-state index is 13.1. The molecule has 2 atom stereocenters. The van der Waals surface area contributed by atoms with Gasteiger partial charge in [0.25, 0.3) is 0 Å². The van der Waals surface area contributed by atoms with E-state index in [4.69, 9.17) is 9.47 Å². The summed E-state index contributed by atoms with van der Waals surface area (Å²) in [7, 11) is 2.78. The number of rotatable bonds is 3. The van der Waals surface area contributed by atoms with Crippen LogP contribution in [0.2, 0.25) is 0 Å². The van der Waals surface area contributed by atoms with Crippen LogP contribution in [-0.4, -0.2) is 36.8 Å². The van der Waals surface area contributed by atoms with Crippen molar-refractivity contribution in [2.75, 3.05) is 14.2 Å². The highest BCUT2D eigenvalue weighted by atomic mass is 79.9. The number of halogens is 1. The molecule has 3 rings (SSSR count). The first-order valence-electron chi connectivity index (χ1n) is 9.05. The topological polar surface area (TPSA) is 85.2 Å². The van der Waals surface area contributed by atoms with Crippen molar-refractivity contribution in [3.05, 3.63) is 33.4 Å². The number of hydrogen-bond acceptors (Lipinski definition) is 6. The summed E-state index contributed by atoms with van der Waals surface area (Å²) in [5.74, 6) is -1.49. The van der Waals surface area contributed by atoms with Gasteiger partial charge < -0.3 is 14.6 Å². The van der Waals surface area contributed by atoms with Crippen molar-refractivity contribution in [1.82, 2.24) is 0 Å². The summed E-state index contributed by atoms with van der Waals surface area (Å²) >= 11 is 3.34. The summed E-state index contributed by atoms with van der Waals surface area (Å²) in [5, 5.41) is 10.2. The highest BCUT2D eigenvalue weighted by molar-refractivity contribution is 9.10. The van der Waals surface area contributed by atoms with Gasteiger partial charge in [0, 0.05) is 29.3 Å². The minimum absolute atomic E-state index is 0.00966. The fraction of sp³-hybridized carbons (Fsp3) is 0.476. The number of methoxy groups -OCH3 is 2. The Balaban J connectivity index is 2.26. The van der Waals surface area contributed by atoms with E-state index >= 15 is 0 Å². The molecule has 7 heteroatoms. The molecule has 0 spiro atoms. The average molecular weight is 450 g/mol. The number of Topliss-reactive ketones (excluding diaryl/α,β-unsaturated/α-hetero) is 1. The Bertz CT molecular complexity index is 916. The zero-order valence-electron chi connectivity index (χ0n) is 16.6. The summed E-state index contributed by atoms with van der Waals surface area (Å²) in [5.41, 5.74) is 2.40. The normalized spacial score (nSPS) is 23.8. The molecule has 1 N–H and O–H groups in total. The number of carbonyl (C=O) groups excluding carboxylic acids is 2. The number of nitrogens with zero attached hydrogens (tertiary/aromatic N) is 1. The summed E-state index contributed by atoms with van der Waals surface area (Å²) < 4.78 is 10.7. The SMILES string of the molecule is COC(=O)C1C(C)=NC2=C(C(=O)CC(C)(C)C2)[C@H]1c1cc(Br)c(O)c(OC)c1. The molecule has 1 aromatic rings. The van der Waals surface area contributed by atoms with Crippen LogP contribution in [0.3, 0.4) is 0 Å². The van der Waals surface area contributed by atoms with E-state index in [-0.39, 0.29) is 22.7 Å². The molecule has 0 radical (unpaired) electrons. The van der Waals surface area contributed by atoms with Gasteiger partial charge in [-0.15, -0.1) is 0 Å². The zero-order valence-corrected chi connectivity index (χ0v) is 18.2. The molecule has 0 aromatic heterocycles. The van der Waals surface area contributed by atoms with Crippen LogP contribution in [0, 0.1) is 11.3 Å². The van der Waals surface area contributed by atoms with E-state index in [2.05, 4.69) is 20.9 Å². The lowest BCUT2D eigenvalue weighted by Gasteiger charge is -2.39. The second kappa shape index (κ2) is 7.35. The summed E-state index contributed by atoms with van der Waals surface area (Å²) in [6.07, 6.45) is 1.05. The van der Waals surface area contributed by atoms with E-state index in [1.807, 2.05) is 13.8 Å². The number of benzene rings is 1. The first-order chi connectivity index (χ1) is 13.1. The van der Waals surface area contributed by atoms with Gasteiger partial charge >= 0.3 is 5.97 Å². The molecule has 0 fully saturated rings. The number of allylic oxidation sites excluding steroid dienone is 2. The van der Waals surface area contributed by atoms with Crippen LogP contribution in [0.15, 0.2) is 32.9 Å². The molecular formula is C21H24BrNO5. The van der Waals surface area contributed by atoms with Gasteiger partial charge in [-0.05, 0) is 52.4 Å². The molecule has 1 aliphatic carbocycles. The van der Waals surface area contributed by atoms with E-state index in [0.717, 1.165) is 5.70 Å². The average Bonchev–Trinajstić information content (AvgIpc) is 2.61. The van der Waals surface area contributed by atoms with Crippen LogP contribution in [0.5, 0.6) is 11.5 Å². The minimum atomic E-state index is -0.713. The van der Waals surface area contributed by atoms with Gasteiger partial charge in [0.15, 0.2) is 17.3 Å². The Morgan fingerprint density at radius 3 is 2.57 bits per heavy atom. The number of ketones is 1. The summed E-state index contributed by atoms with van der Waals surface area (Å²) in [6, 6.07) is 3.38. The van der Waals surface area contributed by atoms with E-state index in [0.29, 0.717) is 34.2 Å². The van der Waals surface area contributed by atoms with Crippen molar-refractivity contribution in [2.45, 2.75) is 39.5 Å². The van der Waals surface area contributed by atoms with Crippen molar-refractivity contribution in [2.24, 2.45) is 16.3 Å². The smallest absolute Gasteiger partial charge is 0.315 e. The van der Waals surface area contributed by atoms with Crippen molar-refractivity contribution in [3.63, 3.8) is 0 Å². The molecule has 28 heavy (non-hydrogen) atoms. The Morgan fingerprint density at radius 1 is 1.29 bits per heavy atom. The molecule has 2 aliphatic rings. The van der Waals surface area contributed by atoms with Gasteiger partial charge in [-0.2, -0.15) is 0 Å². The fourth-order valence-electron chi connectivity index (χ4n) is 4.17. The number of esters is 1. The van der Waals surface area contributed by atoms with Gasteiger partial charge in [-0.1, -0.05) is 13.8 Å². The zero-order chi connectivity index (χ0) is 20.8. The lowest BCUT2D eigenvalue weighted by atomic mass is 9.67. The van der Waals surface area contributed by atoms with E-state index in [9.17, 15) is 14.7 Å². The molecule has 0 bridgehead atoms. The largest absolute Gasteiger partial charge is 0.503 e. The molecule has 0 amide bonds. The second-order valence-electron chi connectivity index (χ2n) is 8.09. The number of phenols is 1. The summed E-state index contributed by atoms with van der Waals surface area (Å²) in [6.45, 7) is 5.87. The van der Waals surface area contributed by atoms with E-state index in [1.165, 1.54) is 14.2 Å². The molecular weight excluding hydrogens is 426 g/mol. The molecule has 1 heterocycles. The third-order valence-electron chi connectivity index (χ3n) is 5.39. The Labute approximate surface area is 172 Å². The number of phenolic OH excluding ortho intramolecular Hbond substituents is 1. The number of aromatic hydroxyl groups is 1. The minimum Gasteiger partial charge on any atom is -0.503 e. The van der Waals surface area contributed by atoms with Crippen LogP contribution < -0.4 is 4.74 Å². The fourth-order valence-corrected chi connectivity index (χ4v) is 4.63. The molecule has 1 aromatic carbocycles. The maximum Gasteiger partial charge on any atom is 0.315 e. The monoisotopic (exact) mass is 449 g/mol. The molecule has 0 saturated carbocycles. The highest BCUT2D eigenvalue weighted by Crippen LogP contribution is 2.49. The first-order valence-corrected chi connectivity index (χ1v) is 9.84. The van der Waals surface area contributed by atoms with Gasteiger partial charge in [-0.25, -0.2) is 0 Å². The van der Waals surface area contributed by atoms with Gasteiger partial charge in [0.2, 0.25) is 0 Å². The predicted octanol–water partition coefficient (Wildman–Crippen LogP) is 4.15. The second-order valence-corrected chi connectivity index (χ2v) is 8.94. The van der Waals surface area contributed by atoms with Gasteiger partial charge in [-0.3, -0.25) is 14.6 Å². The van der Waals surface area contributed by atoms with Crippen LogP contribution >= 0.6 is 15.9 Å². The standard InChI is InChI=1S/C21H24BrNO5/c1-10-16(20(26)28-5)17(11-6-12(22)19(25)15(7-11)27-4)18-13(23-10)8-21(2,3)9-14(18)24/h6-7,16-17,25H,8-9H2,1-5H3/t16?,17-/m0/s1. The number of hydrogen-bond donors (Lipinski definition) is 1. The molecule has 6 nitrogen and oxygen atoms in total. The lowest BCUT2D eigenvalue weighted by molar-refractivity contribution is -0.143. The third kappa shape index (κ3) is 3.48. The quantitative estimate of drug-likeness (QED) is 0.700. The van der Waals surface area contributed by atoms with Crippen LogP contribution in [-0.2, 0) is 14.3 Å². The Hall–Kier alpha value is -2.15. The van der Waals surface area contributed by atoms with Crippen LogP contribution in [0.25, 0.3) is 0 Å². The maximum atomic E-state index is 13.1. The Morgan fingerprint density at radius 2 is 1.96 bits per heavy atom. The molecule has 0 saturated heterocycles. The van der Waals surface area contributed by atoms with Crippen molar-refractivity contribution < 1.29 is 24.2 Å². The summed E-state index contributed by atoms with van der Waals surface area (Å²) in [4.78, 5) is 30.4. The van der Waals surface area contributed by atoms with Crippen molar-refractivity contribution >= 4 is 33.4 Å². The lowest BCUT2D eigenvalue weighted by Crippen LogP contribution is -2.39. The van der Waals surface area contributed by atoms with Gasteiger partial charge in [0.1, 0.15) is 5.92 Å². The van der Waals surface area contributed by atoms with Crippen LogP contribution in [0.4, 0.5) is 0 Å². The molecule has 150 valence electrons. The Kier molecular flexibility index (Phi) is 5.40. The predicted molar refractivity (Wildman–Crippen MR) is 109 cm³/mol. The van der Waals surface area contributed by atoms with Crippen molar-refractivity contribution in [3.8, 4) is 11.5 Å². The highest BCUT2D eigenvalue weighted by Gasteiger charge is 2.46. The van der Waals surface area contributed by atoms with Crippen LogP contribution in [0.1, 0.15) is 45.1 Å². The third-order valence-corrected chi connectivity index (χ3v) is 5.99. The van der Waals surface area contributed by atoms with E-state index in [1.54, 1.807) is 19.1 Å². The number of carbonyl (C=O) groups is 2. The number of aliphatic imine (C=N–C) groups is 1. The molecule has 1 unspecified atom stereocenters. The van der Waals surface area contributed by atoms with E-state index < -0.39 is 17.8 Å². The molecule has 1 aliphatic heterocycles. The first kappa shape index (κ1) is 20.6.